The number of anilines is 1. The van der Waals surface area contributed by atoms with Crippen molar-refractivity contribution in [1.29, 1.82) is 0 Å². The summed E-state index contributed by atoms with van der Waals surface area (Å²) in [6.45, 7) is 6.34. The second-order valence-corrected chi connectivity index (χ2v) is 7.87. The molecule has 3 amide bonds. The van der Waals surface area contributed by atoms with E-state index in [2.05, 4.69) is 23.2 Å². The van der Waals surface area contributed by atoms with Gasteiger partial charge in [0.1, 0.15) is 0 Å². The largest absolute Gasteiger partial charge is 0.336 e. The van der Waals surface area contributed by atoms with Crippen molar-refractivity contribution in [2.75, 3.05) is 44.2 Å². The number of urea groups is 1. The van der Waals surface area contributed by atoms with E-state index in [1.54, 1.807) is 4.90 Å². The lowest BCUT2D eigenvalue weighted by Crippen LogP contribution is -2.49. The zero-order chi connectivity index (χ0) is 20.4. The second kappa shape index (κ2) is 8.43. The van der Waals surface area contributed by atoms with Crippen molar-refractivity contribution in [3.05, 3.63) is 64.7 Å². The summed E-state index contributed by atoms with van der Waals surface area (Å²) in [7, 11) is 0. The van der Waals surface area contributed by atoms with Gasteiger partial charge in [0.05, 0.1) is 0 Å². The Morgan fingerprint density at radius 2 is 1.79 bits per heavy atom. The maximum absolute atomic E-state index is 13.0. The summed E-state index contributed by atoms with van der Waals surface area (Å²) in [5, 5.41) is 3.57. The van der Waals surface area contributed by atoms with Gasteiger partial charge in [-0.15, -0.1) is 0 Å². The van der Waals surface area contributed by atoms with Crippen molar-refractivity contribution in [1.82, 2.24) is 15.1 Å². The fourth-order valence-corrected chi connectivity index (χ4v) is 4.32. The van der Waals surface area contributed by atoms with Crippen LogP contribution in [0.15, 0.2) is 48.5 Å². The lowest BCUT2D eigenvalue weighted by molar-refractivity contribution is 0.0582. The Labute approximate surface area is 176 Å². The summed E-state index contributed by atoms with van der Waals surface area (Å²) in [4.78, 5) is 30.8. The molecule has 1 N–H and O–H groups in total. The number of halogens is 1. The van der Waals surface area contributed by atoms with Gasteiger partial charge in [0.2, 0.25) is 0 Å². The first-order valence-corrected chi connectivity index (χ1v) is 10.4. The quantitative estimate of drug-likeness (QED) is 0.837. The molecule has 0 radical (unpaired) electrons. The monoisotopic (exact) mass is 412 g/mol. The molecule has 0 saturated carbocycles. The number of benzene rings is 2. The lowest BCUT2D eigenvalue weighted by Gasteiger charge is -2.38. The van der Waals surface area contributed by atoms with Crippen molar-refractivity contribution < 1.29 is 9.59 Å². The minimum Gasteiger partial charge on any atom is -0.336 e. The SMILES string of the molecule is CC(c1ccccc1Cl)N1CCN(C(=O)c2cccc(N3CCNC3=O)c2)CC1. The van der Waals surface area contributed by atoms with Crippen LogP contribution in [0.25, 0.3) is 0 Å². The average molecular weight is 413 g/mol. The first-order valence-electron chi connectivity index (χ1n) is 9.98. The number of hydrogen-bond acceptors (Lipinski definition) is 3. The third kappa shape index (κ3) is 4.09. The van der Waals surface area contributed by atoms with Crippen molar-refractivity contribution in [3.63, 3.8) is 0 Å². The van der Waals surface area contributed by atoms with E-state index in [0.717, 1.165) is 29.4 Å². The van der Waals surface area contributed by atoms with E-state index in [1.165, 1.54) is 0 Å². The standard InChI is InChI=1S/C22H25ClN4O2/c1-16(19-7-2-3-8-20(19)23)25-11-13-26(14-12-25)21(28)17-5-4-6-18(15-17)27-10-9-24-22(27)29/h2-8,15-16H,9-14H2,1H3,(H,24,29). The van der Waals surface area contributed by atoms with E-state index < -0.39 is 0 Å². The molecule has 4 rings (SSSR count). The van der Waals surface area contributed by atoms with E-state index in [1.807, 2.05) is 47.4 Å². The Morgan fingerprint density at radius 1 is 1.03 bits per heavy atom. The van der Waals surface area contributed by atoms with Crippen molar-refractivity contribution in [2.45, 2.75) is 13.0 Å². The second-order valence-electron chi connectivity index (χ2n) is 7.46. The van der Waals surface area contributed by atoms with Crippen LogP contribution in [0.2, 0.25) is 5.02 Å². The van der Waals surface area contributed by atoms with Crippen LogP contribution < -0.4 is 10.2 Å². The van der Waals surface area contributed by atoms with E-state index in [9.17, 15) is 9.59 Å². The molecule has 2 heterocycles. The first-order chi connectivity index (χ1) is 14.0. The van der Waals surface area contributed by atoms with E-state index in [-0.39, 0.29) is 18.0 Å². The van der Waals surface area contributed by atoms with Crippen LogP contribution >= 0.6 is 11.6 Å². The molecule has 1 atom stereocenters. The molecule has 6 nitrogen and oxygen atoms in total. The summed E-state index contributed by atoms with van der Waals surface area (Å²) in [6, 6.07) is 15.3. The van der Waals surface area contributed by atoms with Gasteiger partial charge in [-0.1, -0.05) is 35.9 Å². The molecule has 152 valence electrons. The molecule has 29 heavy (non-hydrogen) atoms. The number of hydrogen-bond donors (Lipinski definition) is 1. The van der Waals surface area contributed by atoms with Crippen LogP contribution in [0.5, 0.6) is 0 Å². The van der Waals surface area contributed by atoms with Gasteiger partial charge < -0.3 is 10.2 Å². The molecular weight excluding hydrogens is 388 g/mol. The lowest BCUT2D eigenvalue weighted by atomic mass is 10.1. The third-order valence-electron chi connectivity index (χ3n) is 5.77. The van der Waals surface area contributed by atoms with Crippen LogP contribution in [0.4, 0.5) is 10.5 Å². The van der Waals surface area contributed by atoms with Crippen LogP contribution in [0.1, 0.15) is 28.9 Å². The molecule has 0 aliphatic carbocycles. The highest BCUT2D eigenvalue weighted by atomic mass is 35.5. The summed E-state index contributed by atoms with van der Waals surface area (Å²) < 4.78 is 0. The molecule has 2 aliphatic heterocycles. The molecule has 2 fully saturated rings. The highest BCUT2D eigenvalue weighted by molar-refractivity contribution is 6.31. The fraction of sp³-hybridized carbons (Fsp3) is 0.364. The van der Waals surface area contributed by atoms with Crippen LogP contribution in [-0.4, -0.2) is 61.0 Å². The van der Waals surface area contributed by atoms with Gasteiger partial charge in [-0.3, -0.25) is 14.6 Å². The number of nitrogens with zero attached hydrogens (tertiary/aromatic N) is 3. The predicted octanol–water partition coefficient (Wildman–Crippen LogP) is 3.39. The molecule has 0 aromatic heterocycles. The zero-order valence-corrected chi connectivity index (χ0v) is 17.2. The Bertz CT molecular complexity index is 911. The number of carbonyl (C=O) groups excluding carboxylic acids is 2. The smallest absolute Gasteiger partial charge is 0.321 e. The van der Waals surface area contributed by atoms with Gasteiger partial charge in [0.15, 0.2) is 0 Å². The fourth-order valence-electron chi connectivity index (χ4n) is 4.03. The van der Waals surface area contributed by atoms with Crippen LogP contribution in [0, 0.1) is 0 Å². The minimum atomic E-state index is -0.114. The normalized spacial score (nSPS) is 18.6. The van der Waals surface area contributed by atoms with Gasteiger partial charge in [-0.25, -0.2) is 4.79 Å². The summed E-state index contributed by atoms with van der Waals surface area (Å²) >= 11 is 6.35. The molecule has 2 aliphatic rings. The molecule has 7 heteroatoms. The van der Waals surface area contributed by atoms with Gasteiger partial charge >= 0.3 is 6.03 Å². The summed E-state index contributed by atoms with van der Waals surface area (Å²) in [5.41, 5.74) is 2.50. The summed E-state index contributed by atoms with van der Waals surface area (Å²) in [6.07, 6.45) is 0. The molecule has 0 bridgehead atoms. The number of amides is 3. The highest BCUT2D eigenvalue weighted by Crippen LogP contribution is 2.28. The first kappa shape index (κ1) is 19.7. The van der Waals surface area contributed by atoms with Crippen molar-refractivity contribution in [2.24, 2.45) is 0 Å². The predicted molar refractivity (Wildman–Crippen MR) is 115 cm³/mol. The van der Waals surface area contributed by atoms with E-state index in [0.29, 0.717) is 31.7 Å². The zero-order valence-electron chi connectivity index (χ0n) is 16.5. The van der Waals surface area contributed by atoms with E-state index in [4.69, 9.17) is 11.6 Å². The van der Waals surface area contributed by atoms with Crippen LogP contribution in [-0.2, 0) is 0 Å². The van der Waals surface area contributed by atoms with Crippen molar-refractivity contribution in [3.8, 4) is 0 Å². The third-order valence-corrected chi connectivity index (χ3v) is 6.11. The van der Waals surface area contributed by atoms with Gasteiger partial charge in [0, 0.05) is 61.6 Å². The van der Waals surface area contributed by atoms with Gasteiger partial charge in [-0.05, 0) is 36.8 Å². The number of piperazine rings is 1. The van der Waals surface area contributed by atoms with Gasteiger partial charge in [-0.2, -0.15) is 0 Å². The molecule has 2 aromatic carbocycles. The number of nitrogens with one attached hydrogen (secondary N) is 1. The van der Waals surface area contributed by atoms with Crippen LogP contribution in [0.3, 0.4) is 0 Å². The molecular formula is C22H25ClN4O2. The molecule has 0 spiro atoms. The maximum Gasteiger partial charge on any atom is 0.321 e. The minimum absolute atomic E-state index is 0.0106. The Kier molecular flexibility index (Phi) is 5.74. The number of carbonyl (C=O) groups is 2. The highest BCUT2D eigenvalue weighted by Gasteiger charge is 2.27. The van der Waals surface area contributed by atoms with Crippen molar-refractivity contribution >= 4 is 29.2 Å². The molecule has 1 unspecified atom stereocenters. The maximum atomic E-state index is 13.0. The molecule has 2 saturated heterocycles. The summed E-state index contributed by atoms with van der Waals surface area (Å²) in [5.74, 6) is 0.0106. The Hall–Kier alpha value is -2.57. The average Bonchev–Trinajstić information content (AvgIpc) is 3.19. The van der Waals surface area contributed by atoms with Gasteiger partial charge in [0.25, 0.3) is 5.91 Å². The topological polar surface area (TPSA) is 55.9 Å². The molecule has 2 aromatic rings. The number of rotatable bonds is 4. The van der Waals surface area contributed by atoms with E-state index >= 15 is 0 Å². The Balaban J connectivity index is 1.40. The Morgan fingerprint density at radius 3 is 2.48 bits per heavy atom.